The summed E-state index contributed by atoms with van der Waals surface area (Å²) < 4.78 is 0. The Labute approximate surface area is 100 Å². The highest BCUT2D eigenvalue weighted by atomic mass is 35.5. The highest BCUT2D eigenvalue weighted by molar-refractivity contribution is 6.30. The van der Waals surface area contributed by atoms with Gasteiger partial charge in [0.15, 0.2) is 0 Å². The Kier molecular flexibility index (Phi) is 3.99. The number of hydrogen-bond acceptors (Lipinski definition) is 2. The smallest absolute Gasteiger partial charge is 0.267 e. The summed E-state index contributed by atoms with van der Waals surface area (Å²) in [6.07, 6.45) is 0.957. The molecule has 0 radical (unpaired) electrons. The number of aliphatic hydroxyl groups excluding tert-OH is 1. The van der Waals surface area contributed by atoms with Crippen LogP contribution < -0.4 is 5.32 Å². The van der Waals surface area contributed by atoms with Gasteiger partial charge in [-0.25, -0.2) is 0 Å². The third-order valence-electron chi connectivity index (χ3n) is 2.35. The van der Waals surface area contributed by atoms with E-state index in [2.05, 4.69) is 10.3 Å². The van der Waals surface area contributed by atoms with E-state index in [1.807, 2.05) is 20.8 Å². The number of halogens is 1. The molecular formula is C11H17ClN2O2. The average molecular weight is 245 g/mol. The summed E-state index contributed by atoms with van der Waals surface area (Å²) in [5.74, 6) is -0.268. The highest BCUT2D eigenvalue weighted by Gasteiger charge is 2.22. The van der Waals surface area contributed by atoms with Crippen molar-refractivity contribution in [1.29, 1.82) is 0 Å². The second-order valence-corrected chi connectivity index (χ2v) is 5.26. The molecule has 90 valence electrons. The van der Waals surface area contributed by atoms with Gasteiger partial charge in [0.05, 0.1) is 11.1 Å². The van der Waals surface area contributed by atoms with Crippen molar-refractivity contribution in [2.24, 2.45) is 5.41 Å². The lowest BCUT2D eigenvalue weighted by Gasteiger charge is -2.25. The van der Waals surface area contributed by atoms with Crippen molar-refractivity contribution in [3.63, 3.8) is 0 Å². The number of amides is 1. The number of rotatable bonds is 3. The number of aromatic nitrogens is 1. The molecule has 4 nitrogen and oxygen atoms in total. The van der Waals surface area contributed by atoms with Gasteiger partial charge in [0.1, 0.15) is 5.69 Å². The number of hydrogen-bond donors (Lipinski definition) is 3. The van der Waals surface area contributed by atoms with E-state index in [9.17, 15) is 9.90 Å². The standard InChI is InChI=1S/C11H17ClN2O2/c1-11(2,3)9(15)6-14-10(16)8-4-7(12)5-13-8/h4-5,9,13,15H,6H2,1-3H3,(H,14,16). The Balaban J connectivity index is 2.48. The summed E-state index contributed by atoms with van der Waals surface area (Å²) in [4.78, 5) is 14.3. The molecule has 16 heavy (non-hydrogen) atoms. The molecule has 1 unspecified atom stereocenters. The lowest BCUT2D eigenvalue weighted by Crippen LogP contribution is -2.39. The molecule has 0 bridgehead atoms. The summed E-state index contributed by atoms with van der Waals surface area (Å²) in [7, 11) is 0. The molecule has 3 N–H and O–H groups in total. The first-order chi connectivity index (χ1) is 7.30. The molecule has 5 heteroatoms. The van der Waals surface area contributed by atoms with Crippen LogP contribution in [0.1, 0.15) is 31.3 Å². The van der Waals surface area contributed by atoms with Crippen LogP contribution in [-0.4, -0.2) is 28.6 Å². The highest BCUT2D eigenvalue weighted by Crippen LogP contribution is 2.18. The fraction of sp³-hybridized carbons (Fsp3) is 0.545. The van der Waals surface area contributed by atoms with E-state index >= 15 is 0 Å². The van der Waals surface area contributed by atoms with Gasteiger partial charge >= 0.3 is 0 Å². The molecule has 0 saturated carbocycles. The van der Waals surface area contributed by atoms with Crippen molar-refractivity contribution in [3.8, 4) is 0 Å². The zero-order valence-corrected chi connectivity index (χ0v) is 10.4. The number of nitrogens with one attached hydrogen (secondary N) is 2. The molecule has 1 aromatic heterocycles. The van der Waals surface area contributed by atoms with Crippen molar-refractivity contribution in [1.82, 2.24) is 10.3 Å². The zero-order valence-electron chi connectivity index (χ0n) is 9.67. The normalized spacial score (nSPS) is 13.6. The van der Waals surface area contributed by atoms with Crippen LogP contribution >= 0.6 is 11.6 Å². The van der Waals surface area contributed by atoms with Gasteiger partial charge in [-0.3, -0.25) is 4.79 Å². The maximum Gasteiger partial charge on any atom is 0.267 e. The molecule has 0 aliphatic carbocycles. The van der Waals surface area contributed by atoms with Gasteiger partial charge in [0.25, 0.3) is 5.91 Å². The van der Waals surface area contributed by atoms with Gasteiger partial charge in [0.2, 0.25) is 0 Å². The molecule has 1 amide bonds. The lowest BCUT2D eigenvalue weighted by molar-refractivity contribution is 0.0585. The molecule has 0 aliphatic heterocycles. The minimum Gasteiger partial charge on any atom is -0.391 e. The van der Waals surface area contributed by atoms with Gasteiger partial charge in [0, 0.05) is 12.7 Å². The van der Waals surface area contributed by atoms with Gasteiger partial charge in [-0.15, -0.1) is 0 Å². The minimum atomic E-state index is -0.582. The zero-order chi connectivity index (χ0) is 12.3. The van der Waals surface area contributed by atoms with E-state index in [4.69, 9.17) is 11.6 Å². The maximum absolute atomic E-state index is 11.6. The summed E-state index contributed by atoms with van der Waals surface area (Å²) >= 11 is 5.68. The molecule has 0 aromatic carbocycles. The second-order valence-electron chi connectivity index (χ2n) is 4.82. The molecule has 1 aromatic rings. The Morgan fingerprint density at radius 2 is 2.25 bits per heavy atom. The van der Waals surface area contributed by atoms with E-state index < -0.39 is 6.10 Å². The average Bonchev–Trinajstić information content (AvgIpc) is 2.59. The van der Waals surface area contributed by atoms with Crippen molar-refractivity contribution in [2.75, 3.05) is 6.54 Å². The summed E-state index contributed by atoms with van der Waals surface area (Å²) in [5.41, 5.74) is 0.145. The van der Waals surface area contributed by atoms with Gasteiger partial charge < -0.3 is 15.4 Å². The van der Waals surface area contributed by atoms with Gasteiger partial charge in [-0.05, 0) is 11.5 Å². The Morgan fingerprint density at radius 3 is 2.69 bits per heavy atom. The first kappa shape index (κ1) is 13.1. The quantitative estimate of drug-likeness (QED) is 0.759. The Hall–Kier alpha value is -1.00. The predicted molar refractivity (Wildman–Crippen MR) is 63.6 cm³/mol. The van der Waals surface area contributed by atoms with Crippen LogP contribution in [0.15, 0.2) is 12.3 Å². The first-order valence-electron chi connectivity index (χ1n) is 5.11. The van der Waals surface area contributed by atoms with Crippen LogP contribution in [0.3, 0.4) is 0 Å². The van der Waals surface area contributed by atoms with Crippen LogP contribution in [-0.2, 0) is 0 Å². The van der Waals surface area contributed by atoms with Gasteiger partial charge in [-0.2, -0.15) is 0 Å². The van der Waals surface area contributed by atoms with E-state index in [1.165, 1.54) is 6.20 Å². The van der Waals surface area contributed by atoms with E-state index in [0.717, 1.165) is 0 Å². The van der Waals surface area contributed by atoms with E-state index in [0.29, 0.717) is 10.7 Å². The van der Waals surface area contributed by atoms with Crippen molar-refractivity contribution in [3.05, 3.63) is 23.0 Å². The Bertz CT molecular complexity index is 368. The van der Waals surface area contributed by atoms with Crippen molar-refractivity contribution >= 4 is 17.5 Å². The molecule has 0 fully saturated rings. The topological polar surface area (TPSA) is 65.1 Å². The number of aromatic amines is 1. The number of carbonyl (C=O) groups excluding carboxylic acids is 1. The summed E-state index contributed by atoms with van der Waals surface area (Å²) in [5, 5.41) is 12.9. The summed E-state index contributed by atoms with van der Waals surface area (Å²) in [6.45, 7) is 5.96. The predicted octanol–water partition coefficient (Wildman–Crippen LogP) is 1.80. The molecule has 1 atom stereocenters. The fourth-order valence-electron chi connectivity index (χ4n) is 1.09. The fourth-order valence-corrected chi connectivity index (χ4v) is 1.25. The Morgan fingerprint density at radius 1 is 1.62 bits per heavy atom. The van der Waals surface area contributed by atoms with Crippen LogP contribution in [0.4, 0.5) is 0 Å². The first-order valence-corrected chi connectivity index (χ1v) is 5.48. The van der Waals surface area contributed by atoms with E-state index in [1.54, 1.807) is 6.07 Å². The van der Waals surface area contributed by atoms with Crippen LogP contribution in [0.5, 0.6) is 0 Å². The molecule has 1 rings (SSSR count). The van der Waals surface area contributed by atoms with Gasteiger partial charge in [-0.1, -0.05) is 32.4 Å². The van der Waals surface area contributed by atoms with Crippen molar-refractivity contribution < 1.29 is 9.90 Å². The third-order valence-corrected chi connectivity index (χ3v) is 2.57. The van der Waals surface area contributed by atoms with Crippen LogP contribution in [0.25, 0.3) is 0 Å². The number of aliphatic hydroxyl groups is 1. The molecule has 0 saturated heterocycles. The SMILES string of the molecule is CC(C)(C)C(O)CNC(=O)c1cc(Cl)c[nH]1. The summed E-state index contributed by atoms with van der Waals surface area (Å²) in [6, 6.07) is 1.54. The third kappa shape index (κ3) is 3.54. The van der Waals surface area contributed by atoms with E-state index in [-0.39, 0.29) is 17.9 Å². The monoisotopic (exact) mass is 244 g/mol. The largest absolute Gasteiger partial charge is 0.391 e. The van der Waals surface area contributed by atoms with Crippen LogP contribution in [0, 0.1) is 5.41 Å². The molecular weight excluding hydrogens is 228 g/mol. The molecule has 0 spiro atoms. The number of H-pyrrole nitrogens is 1. The second kappa shape index (κ2) is 4.89. The van der Waals surface area contributed by atoms with Crippen molar-refractivity contribution in [2.45, 2.75) is 26.9 Å². The minimum absolute atomic E-state index is 0.221. The number of carbonyl (C=O) groups is 1. The lowest BCUT2D eigenvalue weighted by atomic mass is 9.89. The maximum atomic E-state index is 11.6. The molecule has 0 aliphatic rings. The van der Waals surface area contributed by atoms with Crippen LogP contribution in [0.2, 0.25) is 5.02 Å². The molecule has 1 heterocycles.